The molecule has 0 bridgehead atoms. The molecule has 256 valence electrons. The van der Waals surface area contributed by atoms with Gasteiger partial charge in [0.15, 0.2) is 11.4 Å². The number of pyridine rings is 2. The van der Waals surface area contributed by atoms with E-state index in [-0.39, 0.29) is 19.0 Å². The molecule has 1 N–H and O–H groups in total. The normalized spacial score (nSPS) is 21.3. The van der Waals surface area contributed by atoms with Gasteiger partial charge >= 0.3 is 5.97 Å². The molecule has 4 aromatic heterocycles. The number of benzene rings is 1. The maximum atomic E-state index is 12.8. The third kappa shape index (κ3) is 5.47. The lowest BCUT2D eigenvalue weighted by molar-refractivity contribution is -0.228. The van der Waals surface area contributed by atoms with Gasteiger partial charge in [0.05, 0.1) is 38.1 Å². The van der Waals surface area contributed by atoms with Gasteiger partial charge in [-0.1, -0.05) is 30.9 Å². The largest absolute Gasteiger partial charge is 0.480 e. The molecule has 5 aromatic rings. The minimum Gasteiger partial charge on any atom is -0.480 e. The third-order valence-corrected chi connectivity index (χ3v) is 10.1. The summed E-state index contributed by atoms with van der Waals surface area (Å²) in [4.78, 5) is 35.6. The van der Waals surface area contributed by atoms with Crippen LogP contribution < -0.4 is 14.5 Å². The van der Waals surface area contributed by atoms with Crippen molar-refractivity contribution in [1.82, 2.24) is 19.9 Å². The number of rotatable bonds is 6. The highest BCUT2D eigenvalue weighted by molar-refractivity contribution is 6.06. The number of carbonyl (C=O) groups is 1. The van der Waals surface area contributed by atoms with Crippen molar-refractivity contribution in [3.8, 4) is 17.7 Å². The lowest BCUT2D eigenvalue weighted by Crippen LogP contribution is -2.68. The molecule has 8 rings (SSSR count). The van der Waals surface area contributed by atoms with Crippen molar-refractivity contribution >= 4 is 39.5 Å². The summed E-state index contributed by atoms with van der Waals surface area (Å²) in [6, 6.07) is 10.7. The van der Waals surface area contributed by atoms with Gasteiger partial charge in [0.1, 0.15) is 40.4 Å². The number of aliphatic carboxylic acids is 1. The molecule has 0 radical (unpaired) electrons. The van der Waals surface area contributed by atoms with Crippen molar-refractivity contribution in [2.45, 2.75) is 64.3 Å². The maximum absolute atomic E-state index is 12.8. The molecule has 0 aliphatic carbocycles. The van der Waals surface area contributed by atoms with E-state index < -0.39 is 23.7 Å². The molecule has 3 atom stereocenters. The Bertz CT molecular complexity index is 2170. The van der Waals surface area contributed by atoms with Crippen LogP contribution in [0.3, 0.4) is 0 Å². The minimum absolute atomic E-state index is 0.0260. The first-order valence-electron chi connectivity index (χ1n) is 17.0. The summed E-state index contributed by atoms with van der Waals surface area (Å²) in [7, 11) is 0. The highest BCUT2D eigenvalue weighted by Crippen LogP contribution is 2.41. The summed E-state index contributed by atoms with van der Waals surface area (Å²) in [5.74, 6) is 7.10. The number of hydrogen-bond acceptors (Lipinski definition) is 11. The van der Waals surface area contributed by atoms with Crippen LogP contribution in [-0.4, -0.2) is 87.7 Å². The molecule has 50 heavy (non-hydrogen) atoms. The Labute approximate surface area is 289 Å². The van der Waals surface area contributed by atoms with Crippen molar-refractivity contribution in [3.63, 3.8) is 0 Å². The fraction of sp³-hybridized carbons (Fsp3) is 0.395. The summed E-state index contributed by atoms with van der Waals surface area (Å²) in [5, 5.41) is 11.3. The van der Waals surface area contributed by atoms with Gasteiger partial charge in [0.25, 0.3) is 0 Å². The van der Waals surface area contributed by atoms with E-state index >= 15 is 0 Å². The van der Waals surface area contributed by atoms with Crippen molar-refractivity contribution in [2.24, 2.45) is 0 Å². The third-order valence-electron chi connectivity index (χ3n) is 10.1. The van der Waals surface area contributed by atoms with Gasteiger partial charge in [-0.15, -0.1) is 0 Å². The smallest absolute Gasteiger partial charge is 0.326 e. The van der Waals surface area contributed by atoms with Crippen LogP contribution in [0.1, 0.15) is 48.5 Å². The topological polar surface area (TPSA) is 136 Å². The number of nitrogens with zero attached hydrogens (tertiary/aromatic N) is 6. The van der Waals surface area contributed by atoms with Crippen LogP contribution in [-0.2, 0) is 20.7 Å². The van der Waals surface area contributed by atoms with E-state index in [1.165, 1.54) is 0 Å². The monoisotopic (exact) mass is 674 g/mol. The Balaban J connectivity index is 1.16. The molecule has 0 amide bonds. The number of furan rings is 1. The fourth-order valence-electron chi connectivity index (χ4n) is 7.21. The van der Waals surface area contributed by atoms with Gasteiger partial charge in [-0.05, 0) is 50.6 Å². The molecule has 1 aromatic carbocycles. The number of aryl methyl sites for hydroxylation is 3. The van der Waals surface area contributed by atoms with Gasteiger partial charge < -0.3 is 33.5 Å². The van der Waals surface area contributed by atoms with Crippen LogP contribution in [0, 0.1) is 25.7 Å². The van der Waals surface area contributed by atoms with Gasteiger partial charge in [-0.2, -0.15) is 0 Å². The van der Waals surface area contributed by atoms with Gasteiger partial charge in [-0.3, -0.25) is 4.98 Å². The molecular weight excluding hydrogens is 636 g/mol. The number of morpholine rings is 1. The number of aromatic nitrogens is 4. The second kappa shape index (κ2) is 12.6. The van der Waals surface area contributed by atoms with Crippen molar-refractivity contribution in [1.29, 1.82) is 0 Å². The first-order chi connectivity index (χ1) is 24.2. The number of carboxylic acid groups (broad SMARTS) is 1. The van der Waals surface area contributed by atoms with Gasteiger partial charge in [0.2, 0.25) is 5.88 Å². The van der Waals surface area contributed by atoms with E-state index in [0.717, 1.165) is 33.5 Å². The quantitative estimate of drug-likeness (QED) is 0.247. The number of carboxylic acids is 1. The number of anilines is 2. The van der Waals surface area contributed by atoms with Crippen LogP contribution in [0.25, 0.3) is 22.1 Å². The first kappa shape index (κ1) is 32.0. The first-order valence-corrected chi connectivity index (χ1v) is 17.0. The second-order valence-corrected chi connectivity index (χ2v) is 13.2. The summed E-state index contributed by atoms with van der Waals surface area (Å²) in [6.45, 7) is 10.5. The summed E-state index contributed by atoms with van der Waals surface area (Å²) < 4.78 is 24.7. The zero-order valence-electron chi connectivity index (χ0n) is 28.5. The number of ether oxygens (including phenoxy) is 3. The number of hydrogen-bond donors (Lipinski definition) is 1. The van der Waals surface area contributed by atoms with Crippen LogP contribution >= 0.6 is 0 Å². The van der Waals surface area contributed by atoms with E-state index in [2.05, 4.69) is 28.6 Å². The molecule has 3 aliphatic rings. The van der Waals surface area contributed by atoms with E-state index in [1.54, 1.807) is 17.3 Å². The SMILES string of the molecule is CCc1nc(N2C[C@@H](Oc3ncc(C#Cc4c(C)ccnc4C)cc3N3CCOC4(COC4)[C@@H]3C)C[C@H]2C(=O)O)c2oc3ccccc3c2n1. The van der Waals surface area contributed by atoms with Crippen molar-refractivity contribution in [3.05, 3.63) is 77.0 Å². The van der Waals surface area contributed by atoms with Gasteiger partial charge in [-0.25, -0.2) is 19.7 Å². The molecule has 1 spiro atoms. The zero-order chi connectivity index (χ0) is 34.6. The molecule has 0 saturated carbocycles. The average molecular weight is 675 g/mol. The molecule has 0 unspecified atom stereocenters. The Morgan fingerprint density at radius 2 is 1.96 bits per heavy atom. The molecular formula is C38H38N6O6. The Kier molecular flexibility index (Phi) is 8.04. The molecule has 12 heteroatoms. The molecule has 3 fully saturated rings. The van der Waals surface area contributed by atoms with Gasteiger partial charge in [0, 0.05) is 48.3 Å². The average Bonchev–Trinajstić information content (AvgIpc) is 3.69. The van der Waals surface area contributed by atoms with Crippen LogP contribution in [0.5, 0.6) is 5.88 Å². The maximum Gasteiger partial charge on any atom is 0.326 e. The molecule has 12 nitrogen and oxygen atoms in total. The lowest BCUT2D eigenvalue weighted by atomic mass is 9.90. The predicted octanol–water partition coefficient (Wildman–Crippen LogP) is 4.85. The van der Waals surface area contributed by atoms with Crippen LogP contribution in [0.15, 0.2) is 53.2 Å². The van der Waals surface area contributed by atoms with E-state index in [0.29, 0.717) is 67.0 Å². The lowest BCUT2D eigenvalue weighted by Gasteiger charge is -2.53. The molecule has 3 aliphatic heterocycles. The Morgan fingerprint density at radius 1 is 1.12 bits per heavy atom. The molecule has 7 heterocycles. The number of fused-ring (bicyclic) bond motifs is 3. The summed E-state index contributed by atoms with van der Waals surface area (Å²) >= 11 is 0. The second-order valence-electron chi connectivity index (χ2n) is 13.2. The summed E-state index contributed by atoms with van der Waals surface area (Å²) in [5.41, 5.74) is 5.71. The Morgan fingerprint density at radius 3 is 2.72 bits per heavy atom. The van der Waals surface area contributed by atoms with Crippen LogP contribution in [0.4, 0.5) is 11.5 Å². The van der Waals surface area contributed by atoms with E-state index in [4.69, 9.17) is 33.6 Å². The highest BCUT2D eigenvalue weighted by Gasteiger charge is 2.50. The van der Waals surface area contributed by atoms with Crippen LogP contribution in [0.2, 0.25) is 0 Å². The standard InChI is InChI=1S/C38H38N6O6/c1-5-32-41-33-28-8-6-7-9-31(28)50-34(33)35(42-32)44-19-26(17-30(44)37(45)46)49-36-29(43-14-15-48-38(24(43)4)20-47-21-38)16-25(18-40-36)10-11-27-22(2)12-13-39-23(27)3/h6-9,12-13,16,18,24,26,30H,5,14-15,17,19-21H2,1-4H3,(H,45,46)/t24-,26-,30-/m0/s1. The highest BCUT2D eigenvalue weighted by atomic mass is 16.6. The summed E-state index contributed by atoms with van der Waals surface area (Å²) in [6.07, 6.45) is 3.80. The Hall–Kier alpha value is -5.25. The zero-order valence-corrected chi connectivity index (χ0v) is 28.5. The van der Waals surface area contributed by atoms with Crippen molar-refractivity contribution < 1.29 is 28.5 Å². The number of para-hydroxylation sites is 1. The molecule has 3 saturated heterocycles. The van der Waals surface area contributed by atoms with E-state index in [9.17, 15) is 9.90 Å². The van der Waals surface area contributed by atoms with Crippen molar-refractivity contribution in [2.75, 3.05) is 42.7 Å². The fourth-order valence-corrected chi connectivity index (χ4v) is 7.21. The minimum atomic E-state index is -0.967. The predicted molar refractivity (Wildman–Crippen MR) is 187 cm³/mol. The van der Waals surface area contributed by atoms with E-state index in [1.807, 2.05) is 57.2 Å².